The summed E-state index contributed by atoms with van der Waals surface area (Å²) in [5.74, 6) is 0.934. The van der Waals surface area contributed by atoms with Crippen molar-refractivity contribution < 1.29 is 9.47 Å². The molecule has 1 atom stereocenters. The summed E-state index contributed by atoms with van der Waals surface area (Å²) in [5.41, 5.74) is 3.53. The third kappa shape index (κ3) is 2.04. The zero-order valence-corrected chi connectivity index (χ0v) is 9.72. The minimum atomic E-state index is -0.148. The standard InChI is InChI=1S/C15H14O2/c1-11-16-10-14-9-13(7-8-15(14)17-11)12-5-3-2-4-6-12/h2-9,11H,10H2,1H3. The van der Waals surface area contributed by atoms with E-state index in [4.69, 9.17) is 9.47 Å². The van der Waals surface area contributed by atoms with Gasteiger partial charge >= 0.3 is 0 Å². The van der Waals surface area contributed by atoms with Crippen molar-refractivity contribution in [3.8, 4) is 16.9 Å². The van der Waals surface area contributed by atoms with Crippen LogP contribution in [0.1, 0.15) is 12.5 Å². The lowest BCUT2D eigenvalue weighted by molar-refractivity contribution is -0.0943. The van der Waals surface area contributed by atoms with Crippen LogP contribution in [0.4, 0.5) is 0 Å². The molecule has 1 aliphatic rings. The highest BCUT2D eigenvalue weighted by Crippen LogP contribution is 2.30. The Morgan fingerprint density at radius 1 is 1.00 bits per heavy atom. The van der Waals surface area contributed by atoms with Crippen molar-refractivity contribution in [3.63, 3.8) is 0 Å². The Bertz CT molecular complexity index is 520. The lowest BCUT2D eigenvalue weighted by Crippen LogP contribution is -2.21. The first-order valence-electron chi connectivity index (χ1n) is 5.79. The molecule has 2 nitrogen and oxygen atoms in total. The van der Waals surface area contributed by atoms with Gasteiger partial charge in [0.25, 0.3) is 0 Å². The van der Waals surface area contributed by atoms with E-state index in [1.54, 1.807) is 0 Å². The van der Waals surface area contributed by atoms with Crippen molar-refractivity contribution in [2.45, 2.75) is 19.8 Å². The van der Waals surface area contributed by atoms with Crippen molar-refractivity contribution in [3.05, 3.63) is 54.1 Å². The predicted octanol–water partition coefficient (Wildman–Crippen LogP) is 3.61. The molecule has 0 N–H and O–H groups in total. The molecule has 0 fully saturated rings. The fraction of sp³-hybridized carbons (Fsp3) is 0.200. The molecule has 2 aromatic carbocycles. The molecule has 0 saturated heterocycles. The van der Waals surface area contributed by atoms with Crippen LogP contribution in [0.2, 0.25) is 0 Å². The summed E-state index contributed by atoms with van der Waals surface area (Å²) >= 11 is 0. The predicted molar refractivity (Wildman–Crippen MR) is 66.8 cm³/mol. The zero-order chi connectivity index (χ0) is 11.7. The Morgan fingerprint density at radius 2 is 1.82 bits per heavy atom. The van der Waals surface area contributed by atoms with Crippen molar-refractivity contribution in [1.29, 1.82) is 0 Å². The summed E-state index contributed by atoms with van der Waals surface area (Å²) in [5, 5.41) is 0. The highest BCUT2D eigenvalue weighted by atomic mass is 16.7. The van der Waals surface area contributed by atoms with Gasteiger partial charge < -0.3 is 9.47 Å². The molecule has 0 aliphatic carbocycles. The molecular formula is C15H14O2. The number of ether oxygens (including phenoxy) is 2. The first-order chi connectivity index (χ1) is 8.33. The molecular weight excluding hydrogens is 212 g/mol. The van der Waals surface area contributed by atoms with Gasteiger partial charge in [-0.05, 0) is 30.2 Å². The van der Waals surface area contributed by atoms with E-state index in [0.29, 0.717) is 6.61 Å². The van der Waals surface area contributed by atoms with Crippen LogP contribution >= 0.6 is 0 Å². The number of fused-ring (bicyclic) bond motifs is 1. The zero-order valence-electron chi connectivity index (χ0n) is 9.72. The molecule has 0 saturated carbocycles. The highest BCUT2D eigenvalue weighted by molar-refractivity contribution is 5.65. The molecule has 1 heterocycles. The van der Waals surface area contributed by atoms with E-state index in [1.165, 1.54) is 11.1 Å². The molecule has 2 heteroatoms. The van der Waals surface area contributed by atoms with Crippen LogP contribution in [-0.2, 0) is 11.3 Å². The van der Waals surface area contributed by atoms with Gasteiger partial charge in [0, 0.05) is 5.56 Å². The number of hydrogen-bond acceptors (Lipinski definition) is 2. The molecule has 0 bridgehead atoms. The number of hydrogen-bond donors (Lipinski definition) is 0. The second-order valence-corrected chi connectivity index (χ2v) is 4.19. The minimum absolute atomic E-state index is 0.148. The molecule has 0 amide bonds. The molecule has 2 aromatic rings. The van der Waals surface area contributed by atoms with E-state index in [2.05, 4.69) is 24.3 Å². The summed E-state index contributed by atoms with van der Waals surface area (Å²) in [6.45, 7) is 2.53. The topological polar surface area (TPSA) is 18.5 Å². The summed E-state index contributed by atoms with van der Waals surface area (Å²) in [6, 6.07) is 16.6. The lowest BCUT2D eigenvalue weighted by atomic mass is 10.0. The Balaban J connectivity index is 1.99. The van der Waals surface area contributed by atoms with Crippen molar-refractivity contribution in [2.24, 2.45) is 0 Å². The largest absolute Gasteiger partial charge is 0.465 e. The molecule has 0 spiro atoms. The lowest BCUT2D eigenvalue weighted by Gasteiger charge is -2.24. The quantitative estimate of drug-likeness (QED) is 0.739. The average Bonchev–Trinajstić information content (AvgIpc) is 2.39. The Kier molecular flexibility index (Phi) is 2.57. The van der Waals surface area contributed by atoms with Gasteiger partial charge in [-0.25, -0.2) is 0 Å². The first kappa shape index (κ1) is 10.4. The van der Waals surface area contributed by atoms with E-state index < -0.39 is 0 Å². The molecule has 86 valence electrons. The van der Waals surface area contributed by atoms with Crippen LogP contribution in [0.5, 0.6) is 5.75 Å². The van der Waals surface area contributed by atoms with Crippen LogP contribution < -0.4 is 4.74 Å². The maximum atomic E-state index is 5.60. The molecule has 17 heavy (non-hydrogen) atoms. The molecule has 0 aromatic heterocycles. The molecule has 0 radical (unpaired) electrons. The van der Waals surface area contributed by atoms with E-state index >= 15 is 0 Å². The van der Waals surface area contributed by atoms with Crippen LogP contribution in [0.3, 0.4) is 0 Å². The summed E-state index contributed by atoms with van der Waals surface area (Å²) in [4.78, 5) is 0. The Hall–Kier alpha value is -1.80. The summed E-state index contributed by atoms with van der Waals surface area (Å²) in [7, 11) is 0. The SMILES string of the molecule is CC1OCc2cc(-c3ccccc3)ccc2O1. The van der Waals surface area contributed by atoms with Gasteiger partial charge in [0.15, 0.2) is 6.29 Å². The molecule has 1 unspecified atom stereocenters. The molecule has 3 rings (SSSR count). The van der Waals surface area contributed by atoms with Crippen LogP contribution in [0.25, 0.3) is 11.1 Å². The van der Waals surface area contributed by atoms with E-state index in [-0.39, 0.29) is 6.29 Å². The third-order valence-corrected chi connectivity index (χ3v) is 2.93. The Labute approximate surface area is 101 Å². The van der Waals surface area contributed by atoms with Crippen molar-refractivity contribution in [2.75, 3.05) is 0 Å². The fourth-order valence-electron chi connectivity index (χ4n) is 2.04. The summed E-state index contributed by atoms with van der Waals surface area (Å²) < 4.78 is 11.1. The van der Waals surface area contributed by atoms with Gasteiger partial charge in [-0.3, -0.25) is 0 Å². The van der Waals surface area contributed by atoms with Crippen LogP contribution in [-0.4, -0.2) is 6.29 Å². The number of rotatable bonds is 1. The van der Waals surface area contributed by atoms with E-state index in [9.17, 15) is 0 Å². The van der Waals surface area contributed by atoms with Crippen LogP contribution in [0.15, 0.2) is 48.5 Å². The van der Waals surface area contributed by atoms with Gasteiger partial charge in [0.1, 0.15) is 5.75 Å². The second-order valence-electron chi connectivity index (χ2n) is 4.19. The van der Waals surface area contributed by atoms with Gasteiger partial charge in [-0.2, -0.15) is 0 Å². The third-order valence-electron chi connectivity index (χ3n) is 2.93. The highest BCUT2D eigenvalue weighted by Gasteiger charge is 2.16. The first-order valence-corrected chi connectivity index (χ1v) is 5.79. The number of benzene rings is 2. The van der Waals surface area contributed by atoms with Gasteiger partial charge in [0.05, 0.1) is 6.61 Å². The normalized spacial score (nSPS) is 18.3. The van der Waals surface area contributed by atoms with Crippen molar-refractivity contribution in [1.82, 2.24) is 0 Å². The Morgan fingerprint density at radius 3 is 2.65 bits per heavy atom. The van der Waals surface area contributed by atoms with Gasteiger partial charge in [0.2, 0.25) is 0 Å². The molecule has 1 aliphatic heterocycles. The van der Waals surface area contributed by atoms with Gasteiger partial charge in [-0.1, -0.05) is 36.4 Å². The fourth-order valence-corrected chi connectivity index (χ4v) is 2.04. The van der Waals surface area contributed by atoms with Crippen molar-refractivity contribution >= 4 is 0 Å². The van der Waals surface area contributed by atoms with Crippen LogP contribution in [0, 0.1) is 0 Å². The monoisotopic (exact) mass is 226 g/mol. The minimum Gasteiger partial charge on any atom is -0.465 e. The maximum absolute atomic E-state index is 5.60. The van der Waals surface area contributed by atoms with Gasteiger partial charge in [-0.15, -0.1) is 0 Å². The second kappa shape index (κ2) is 4.22. The summed E-state index contributed by atoms with van der Waals surface area (Å²) in [6.07, 6.45) is -0.148. The van der Waals surface area contributed by atoms with E-state index in [0.717, 1.165) is 11.3 Å². The van der Waals surface area contributed by atoms with E-state index in [1.807, 2.05) is 31.2 Å². The average molecular weight is 226 g/mol. The smallest absolute Gasteiger partial charge is 0.197 e. The maximum Gasteiger partial charge on any atom is 0.197 e.